The second-order valence-electron chi connectivity index (χ2n) is 8.25. The third-order valence-electron chi connectivity index (χ3n) is 5.23. The molecule has 2 aromatic rings. The number of hydrogen-bond acceptors (Lipinski definition) is 2. The number of hydrogen-bond donors (Lipinski definition) is 1. The molecule has 1 saturated carbocycles. The van der Waals surface area contributed by atoms with E-state index in [-0.39, 0.29) is 5.41 Å². The number of para-hydroxylation sites is 1. The van der Waals surface area contributed by atoms with Crippen molar-refractivity contribution in [3.63, 3.8) is 0 Å². The second kappa shape index (κ2) is 11.4. The minimum absolute atomic E-state index is 0.148. The summed E-state index contributed by atoms with van der Waals surface area (Å²) in [5.74, 6) is 0.901. The topological polar surface area (TPSA) is 32.6 Å². The number of rotatable bonds is 3. The van der Waals surface area contributed by atoms with Gasteiger partial charge in [0.1, 0.15) is 5.75 Å². The van der Waals surface area contributed by atoms with Gasteiger partial charge in [0.15, 0.2) is 0 Å². The molecule has 1 fully saturated rings. The molecule has 0 amide bonds. The van der Waals surface area contributed by atoms with Gasteiger partial charge in [0.25, 0.3) is 0 Å². The van der Waals surface area contributed by atoms with E-state index in [1.807, 2.05) is 24.3 Å². The van der Waals surface area contributed by atoms with Crippen molar-refractivity contribution in [1.29, 1.82) is 0 Å². The first-order valence-electron chi connectivity index (χ1n) is 9.79. The van der Waals surface area contributed by atoms with Crippen LogP contribution >= 0.6 is 18.6 Å². The Hall–Kier alpha value is -0.796. The van der Waals surface area contributed by atoms with Crippen LogP contribution in [0, 0.1) is 0 Å². The maximum atomic E-state index is 10.7. The van der Waals surface area contributed by atoms with Crippen LogP contribution in [0.15, 0.2) is 47.5 Å². The van der Waals surface area contributed by atoms with Crippen LogP contribution < -0.4 is 0 Å². The fourth-order valence-electron chi connectivity index (χ4n) is 3.62. The summed E-state index contributed by atoms with van der Waals surface area (Å²) in [6.07, 6.45) is 8.01. The van der Waals surface area contributed by atoms with E-state index in [4.69, 9.17) is 18.6 Å². The molecular formula is C23H29Cl2NOTi. The van der Waals surface area contributed by atoms with Gasteiger partial charge in [-0.15, -0.1) is 0 Å². The molecule has 1 aliphatic rings. The third kappa shape index (κ3) is 6.92. The molecule has 3 rings (SSSR count). The van der Waals surface area contributed by atoms with E-state index in [1.165, 1.54) is 37.7 Å². The molecule has 0 aromatic heterocycles. The molecule has 0 bridgehead atoms. The number of phenolic OH excluding ortho intramolecular Hbond substituents is 1. The van der Waals surface area contributed by atoms with E-state index in [9.17, 15) is 5.11 Å². The number of phenols is 1. The van der Waals surface area contributed by atoms with Gasteiger partial charge >= 0.3 is 35.6 Å². The molecule has 28 heavy (non-hydrogen) atoms. The van der Waals surface area contributed by atoms with Crippen LogP contribution in [-0.2, 0) is 22.4 Å². The summed E-state index contributed by atoms with van der Waals surface area (Å²) < 4.78 is 0. The molecule has 1 aliphatic carbocycles. The Morgan fingerprint density at radius 1 is 1.00 bits per heavy atom. The van der Waals surface area contributed by atoms with Crippen LogP contribution in [0.2, 0.25) is 0 Å². The van der Waals surface area contributed by atoms with E-state index in [0.29, 0.717) is 11.7 Å². The van der Waals surface area contributed by atoms with Crippen LogP contribution in [-0.4, -0.2) is 11.3 Å². The normalized spacial score (nSPS) is 15.2. The van der Waals surface area contributed by atoms with Crippen molar-refractivity contribution in [2.45, 2.75) is 64.2 Å². The molecular weight excluding hydrogens is 425 g/mol. The standard InChI is InChI=1S/C23H29NO.2ClH.Ti/c1-23(2,3)19-12-14-20(15-13-19)24-16-18-10-7-11-21(22(18)25)17-8-5-4-6-9-17;;;/h7,10-17,25H,4-6,8-9H2,1-3H3;2*1H;/q;;;+2/p-2. The molecule has 0 spiro atoms. The van der Waals surface area contributed by atoms with Crippen LogP contribution in [0.4, 0.5) is 5.69 Å². The Morgan fingerprint density at radius 2 is 1.61 bits per heavy atom. The molecule has 5 heteroatoms. The zero-order valence-corrected chi connectivity index (χ0v) is 20.0. The number of halogens is 2. The number of aliphatic imine (C=N–C) groups is 1. The zero-order chi connectivity index (χ0) is 20.6. The molecule has 2 nitrogen and oxygen atoms in total. The van der Waals surface area contributed by atoms with Crippen LogP contribution in [0.1, 0.15) is 75.5 Å². The SMILES string of the molecule is CC(C)(C)c1ccc(N=Cc2cccc(C3CCCCC3)c2O)cc1.[Cl][Ti][Cl]. The summed E-state index contributed by atoms with van der Waals surface area (Å²) in [5, 5.41) is 10.7. The first kappa shape index (κ1) is 23.5. The second-order valence-corrected chi connectivity index (χ2v) is 10.8. The monoisotopic (exact) mass is 453 g/mol. The summed E-state index contributed by atoms with van der Waals surface area (Å²) in [6, 6.07) is 14.4. The summed E-state index contributed by atoms with van der Waals surface area (Å²) in [7, 11) is 9.78. The summed E-state index contributed by atoms with van der Waals surface area (Å²) in [5.41, 5.74) is 4.26. The van der Waals surface area contributed by atoms with E-state index in [1.54, 1.807) is 6.21 Å². The molecule has 0 heterocycles. The fraction of sp³-hybridized carbons (Fsp3) is 0.435. The minimum atomic E-state index is -0.556. The van der Waals surface area contributed by atoms with Crippen molar-refractivity contribution >= 4 is 30.5 Å². The number of aromatic hydroxyl groups is 1. The molecule has 0 aliphatic heterocycles. The Labute approximate surface area is 186 Å². The van der Waals surface area contributed by atoms with Gasteiger partial charge in [0.2, 0.25) is 0 Å². The van der Waals surface area contributed by atoms with Crippen molar-refractivity contribution in [3.8, 4) is 5.75 Å². The summed E-state index contributed by atoms with van der Waals surface area (Å²) in [4.78, 5) is 4.56. The predicted octanol–water partition coefficient (Wildman–Crippen LogP) is 7.86. The average molecular weight is 454 g/mol. The van der Waals surface area contributed by atoms with Crippen molar-refractivity contribution < 1.29 is 22.1 Å². The average Bonchev–Trinajstić information content (AvgIpc) is 2.68. The van der Waals surface area contributed by atoms with Crippen LogP contribution in [0.5, 0.6) is 5.75 Å². The Kier molecular flexibility index (Phi) is 9.57. The van der Waals surface area contributed by atoms with Gasteiger partial charge in [0, 0.05) is 11.8 Å². The van der Waals surface area contributed by atoms with E-state index in [0.717, 1.165) is 16.8 Å². The van der Waals surface area contributed by atoms with Gasteiger partial charge in [-0.05, 0) is 53.5 Å². The van der Waals surface area contributed by atoms with Gasteiger partial charge in [-0.1, -0.05) is 64.3 Å². The summed E-state index contributed by atoms with van der Waals surface area (Å²) in [6.45, 7) is 6.63. The van der Waals surface area contributed by atoms with E-state index < -0.39 is 17.0 Å². The van der Waals surface area contributed by atoms with Crippen LogP contribution in [0.25, 0.3) is 0 Å². The van der Waals surface area contributed by atoms with Gasteiger partial charge < -0.3 is 5.11 Å². The third-order valence-corrected chi connectivity index (χ3v) is 5.23. The molecule has 0 saturated heterocycles. The molecule has 0 radical (unpaired) electrons. The molecule has 150 valence electrons. The molecule has 0 unspecified atom stereocenters. The Bertz CT molecular complexity index is 763. The molecule has 2 aromatic carbocycles. The Balaban J connectivity index is 0.000000878. The first-order valence-corrected chi connectivity index (χ1v) is 14.1. The number of nitrogens with zero attached hydrogens (tertiary/aromatic N) is 1. The van der Waals surface area contributed by atoms with Gasteiger partial charge in [-0.2, -0.15) is 0 Å². The quantitative estimate of drug-likeness (QED) is 0.372. The van der Waals surface area contributed by atoms with E-state index >= 15 is 0 Å². The van der Waals surface area contributed by atoms with Crippen molar-refractivity contribution in [3.05, 3.63) is 59.2 Å². The molecule has 1 N–H and O–H groups in total. The maximum absolute atomic E-state index is 10.7. The first-order chi connectivity index (χ1) is 13.4. The van der Waals surface area contributed by atoms with Gasteiger partial charge in [-0.25, -0.2) is 0 Å². The predicted molar refractivity (Wildman–Crippen MR) is 118 cm³/mol. The van der Waals surface area contributed by atoms with Gasteiger partial charge in [-0.3, -0.25) is 4.99 Å². The van der Waals surface area contributed by atoms with Crippen LogP contribution in [0.3, 0.4) is 0 Å². The number of benzene rings is 2. The van der Waals surface area contributed by atoms with Crippen molar-refractivity contribution in [2.75, 3.05) is 0 Å². The van der Waals surface area contributed by atoms with E-state index in [2.05, 4.69) is 44.0 Å². The summed E-state index contributed by atoms with van der Waals surface area (Å²) >= 11 is -0.556. The van der Waals surface area contributed by atoms with Gasteiger partial charge in [0.05, 0.1) is 5.69 Å². The Morgan fingerprint density at radius 3 is 2.18 bits per heavy atom. The molecule has 0 atom stereocenters. The zero-order valence-electron chi connectivity index (χ0n) is 16.9. The van der Waals surface area contributed by atoms with Crippen molar-refractivity contribution in [2.24, 2.45) is 4.99 Å². The van der Waals surface area contributed by atoms with Crippen molar-refractivity contribution in [1.82, 2.24) is 0 Å². The fourth-order valence-corrected chi connectivity index (χ4v) is 3.62.